The van der Waals surface area contributed by atoms with E-state index in [1.165, 1.54) is 18.2 Å². The number of benzene rings is 2. The van der Waals surface area contributed by atoms with Crippen LogP contribution in [0.4, 0.5) is 10.1 Å². The summed E-state index contributed by atoms with van der Waals surface area (Å²) in [6, 6.07) is 13.2. The van der Waals surface area contributed by atoms with Gasteiger partial charge in [-0.15, -0.1) is 0 Å². The van der Waals surface area contributed by atoms with Gasteiger partial charge in [0.25, 0.3) is 0 Å². The monoisotopic (exact) mass is 363 g/mol. The first-order valence-corrected chi connectivity index (χ1v) is 9.92. The Morgan fingerprint density at radius 3 is 2.32 bits per heavy atom. The Balaban J connectivity index is 1.90. The van der Waals surface area contributed by atoms with E-state index >= 15 is 0 Å². The molecular formula is C19H22FNO3S. The quantitative estimate of drug-likeness (QED) is 0.812. The van der Waals surface area contributed by atoms with Gasteiger partial charge in [-0.05, 0) is 29.2 Å². The fraction of sp³-hybridized carbons (Fsp3) is 0.316. The van der Waals surface area contributed by atoms with Gasteiger partial charge in [-0.25, -0.2) is 12.8 Å². The van der Waals surface area contributed by atoms with E-state index in [1.54, 1.807) is 18.2 Å². The molecule has 1 amide bonds. The zero-order chi connectivity index (χ0) is 18.4. The third-order valence-corrected chi connectivity index (χ3v) is 5.42. The molecule has 25 heavy (non-hydrogen) atoms. The van der Waals surface area contributed by atoms with Gasteiger partial charge in [0.05, 0.1) is 17.2 Å². The summed E-state index contributed by atoms with van der Waals surface area (Å²) in [5.74, 6) is -1.09. The zero-order valence-corrected chi connectivity index (χ0v) is 15.1. The van der Waals surface area contributed by atoms with E-state index in [2.05, 4.69) is 19.2 Å². The molecule has 0 bridgehead atoms. The molecule has 0 saturated heterocycles. The predicted molar refractivity (Wildman–Crippen MR) is 97.7 cm³/mol. The van der Waals surface area contributed by atoms with E-state index in [0.29, 0.717) is 11.5 Å². The second-order valence-corrected chi connectivity index (χ2v) is 8.45. The molecule has 2 aromatic carbocycles. The molecule has 0 unspecified atom stereocenters. The van der Waals surface area contributed by atoms with Gasteiger partial charge in [-0.3, -0.25) is 4.79 Å². The number of sulfone groups is 1. The van der Waals surface area contributed by atoms with Gasteiger partial charge in [0.1, 0.15) is 5.82 Å². The Hall–Kier alpha value is -2.21. The predicted octanol–water partition coefficient (Wildman–Crippen LogP) is 3.89. The van der Waals surface area contributed by atoms with Crippen molar-refractivity contribution >= 4 is 21.4 Å². The van der Waals surface area contributed by atoms with E-state index < -0.39 is 21.6 Å². The number of carbonyl (C=O) groups is 1. The standard InChI is InChI=1S/C19H22FNO3S/c1-14(2)16-9-7-15(8-10-16)13-25(23,24)12-11-19(22)21-18-6-4-3-5-17(18)20/h3-10,14H,11-13H2,1-2H3,(H,21,22). The summed E-state index contributed by atoms with van der Waals surface area (Å²) in [5, 5.41) is 2.39. The second kappa shape index (κ2) is 8.25. The van der Waals surface area contributed by atoms with Crippen LogP contribution >= 0.6 is 0 Å². The molecule has 0 heterocycles. The fourth-order valence-electron chi connectivity index (χ4n) is 2.35. The van der Waals surface area contributed by atoms with Gasteiger partial charge >= 0.3 is 0 Å². The van der Waals surface area contributed by atoms with Crippen LogP contribution in [0.5, 0.6) is 0 Å². The van der Waals surface area contributed by atoms with Crippen molar-refractivity contribution in [2.24, 2.45) is 0 Å². The smallest absolute Gasteiger partial charge is 0.225 e. The van der Waals surface area contributed by atoms with Gasteiger partial charge in [-0.2, -0.15) is 0 Å². The first-order valence-electron chi connectivity index (χ1n) is 8.10. The SMILES string of the molecule is CC(C)c1ccc(CS(=O)(=O)CCC(=O)Nc2ccccc2F)cc1. The van der Waals surface area contributed by atoms with Crippen LogP contribution in [0.3, 0.4) is 0 Å². The van der Waals surface area contributed by atoms with E-state index in [0.717, 1.165) is 5.56 Å². The molecule has 0 aliphatic rings. The largest absolute Gasteiger partial charge is 0.324 e. The lowest BCUT2D eigenvalue weighted by Gasteiger charge is -2.09. The molecule has 0 spiro atoms. The van der Waals surface area contributed by atoms with Crippen LogP contribution in [0.15, 0.2) is 48.5 Å². The van der Waals surface area contributed by atoms with E-state index in [1.807, 2.05) is 12.1 Å². The number of nitrogens with one attached hydrogen (secondary N) is 1. The molecule has 6 heteroatoms. The molecule has 0 atom stereocenters. The van der Waals surface area contributed by atoms with Crippen molar-refractivity contribution in [3.8, 4) is 0 Å². The molecule has 0 radical (unpaired) electrons. The summed E-state index contributed by atoms with van der Waals surface area (Å²) < 4.78 is 37.8. The van der Waals surface area contributed by atoms with E-state index in [4.69, 9.17) is 0 Å². The highest BCUT2D eigenvalue weighted by atomic mass is 32.2. The molecule has 0 aromatic heterocycles. The first-order chi connectivity index (χ1) is 11.8. The van der Waals surface area contributed by atoms with Crippen molar-refractivity contribution < 1.29 is 17.6 Å². The van der Waals surface area contributed by atoms with Crippen molar-refractivity contribution in [3.05, 3.63) is 65.5 Å². The molecule has 0 fully saturated rings. The lowest BCUT2D eigenvalue weighted by molar-refractivity contribution is -0.115. The van der Waals surface area contributed by atoms with Crippen LogP contribution in [-0.2, 0) is 20.4 Å². The maximum atomic E-state index is 13.5. The van der Waals surface area contributed by atoms with Gasteiger partial charge in [-0.1, -0.05) is 50.2 Å². The number of hydrogen-bond donors (Lipinski definition) is 1. The van der Waals surface area contributed by atoms with E-state index in [9.17, 15) is 17.6 Å². The molecule has 0 aliphatic carbocycles. The third-order valence-electron chi connectivity index (χ3n) is 3.82. The van der Waals surface area contributed by atoms with Crippen LogP contribution in [0.25, 0.3) is 0 Å². The number of carbonyl (C=O) groups excluding carboxylic acids is 1. The lowest BCUT2D eigenvalue weighted by atomic mass is 10.0. The maximum absolute atomic E-state index is 13.5. The summed E-state index contributed by atoms with van der Waals surface area (Å²) in [4.78, 5) is 11.8. The van der Waals surface area contributed by atoms with Crippen molar-refractivity contribution in [3.63, 3.8) is 0 Å². The summed E-state index contributed by atoms with van der Waals surface area (Å²) in [6.07, 6.45) is -0.208. The van der Waals surface area contributed by atoms with Crippen LogP contribution in [-0.4, -0.2) is 20.1 Å². The first kappa shape index (κ1) is 19.1. The Kier molecular flexibility index (Phi) is 6.31. The van der Waals surface area contributed by atoms with E-state index in [-0.39, 0.29) is 23.6 Å². The molecule has 2 rings (SSSR count). The number of halogens is 1. The molecule has 4 nitrogen and oxygen atoms in total. The number of rotatable bonds is 7. The molecule has 0 aliphatic heterocycles. The average molecular weight is 363 g/mol. The number of hydrogen-bond acceptors (Lipinski definition) is 3. The zero-order valence-electron chi connectivity index (χ0n) is 14.3. The summed E-state index contributed by atoms with van der Waals surface area (Å²) in [6.45, 7) is 4.14. The van der Waals surface area contributed by atoms with Gasteiger partial charge in [0.15, 0.2) is 9.84 Å². The number of amides is 1. The molecule has 2 aromatic rings. The number of anilines is 1. The van der Waals surface area contributed by atoms with Crippen LogP contribution < -0.4 is 5.32 Å². The van der Waals surface area contributed by atoms with Crippen molar-refractivity contribution in [2.75, 3.05) is 11.1 Å². The minimum absolute atomic E-state index is 0.0502. The van der Waals surface area contributed by atoms with Gasteiger partial charge in [0, 0.05) is 6.42 Å². The average Bonchev–Trinajstić information content (AvgIpc) is 2.55. The normalized spacial score (nSPS) is 11.5. The Morgan fingerprint density at radius 2 is 1.72 bits per heavy atom. The molecular weight excluding hydrogens is 341 g/mol. The lowest BCUT2D eigenvalue weighted by Crippen LogP contribution is -2.18. The molecule has 134 valence electrons. The van der Waals surface area contributed by atoms with Crippen molar-refractivity contribution in [2.45, 2.75) is 31.9 Å². The van der Waals surface area contributed by atoms with Crippen LogP contribution in [0, 0.1) is 5.82 Å². The Morgan fingerprint density at radius 1 is 1.08 bits per heavy atom. The maximum Gasteiger partial charge on any atom is 0.225 e. The summed E-state index contributed by atoms with van der Waals surface area (Å²) in [5.41, 5.74) is 1.89. The van der Waals surface area contributed by atoms with Gasteiger partial charge < -0.3 is 5.32 Å². The minimum atomic E-state index is -3.42. The van der Waals surface area contributed by atoms with Crippen molar-refractivity contribution in [1.29, 1.82) is 0 Å². The van der Waals surface area contributed by atoms with Crippen molar-refractivity contribution in [1.82, 2.24) is 0 Å². The summed E-state index contributed by atoms with van der Waals surface area (Å²) in [7, 11) is -3.42. The highest BCUT2D eigenvalue weighted by Crippen LogP contribution is 2.17. The Labute approximate surface area is 148 Å². The highest BCUT2D eigenvalue weighted by molar-refractivity contribution is 7.90. The third kappa shape index (κ3) is 5.98. The van der Waals surface area contributed by atoms with Crippen LogP contribution in [0.2, 0.25) is 0 Å². The molecule has 0 saturated carbocycles. The minimum Gasteiger partial charge on any atom is -0.324 e. The summed E-state index contributed by atoms with van der Waals surface area (Å²) >= 11 is 0. The Bertz CT molecular complexity index is 830. The fourth-order valence-corrected chi connectivity index (χ4v) is 3.69. The second-order valence-electron chi connectivity index (χ2n) is 6.27. The molecule has 1 N–H and O–H groups in total. The topological polar surface area (TPSA) is 63.2 Å². The number of para-hydroxylation sites is 1. The van der Waals surface area contributed by atoms with Crippen LogP contribution in [0.1, 0.15) is 37.3 Å². The van der Waals surface area contributed by atoms with Gasteiger partial charge in [0.2, 0.25) is 5.91 Å². The highest BCUT2D eigenvalue weighted by Gasteiger charge is 2.15.